The maximum Gasteiger partial charge on any atom is 0.224 e. The molecule has 1 saturated carbocycles. The predicted octanol–water partition coefficient (Wildman–Crippen LogP) is 4.46. The molecular formula is C31H44ClN5O3S. The van der Waals surface area contributed by atoms with Gasteiger partial charge in [-0.2, -0.15) is 0 Å². The van der Waals surface area contributed by atoms with Crippen LogP contribution in [0.2, 0.25) is 5.02 Å². The normalized spacial score (nSPS) is 18.6. The van der Waals surface area contributed by atoms with Gasteiger partial charge in [-0.3, -0.25) is 19.3 Å². The Morgan fingerprint density at radius 3 is 2.59 bits per heavy atom. The van der Waals surface area contributed by atoms with E-state index in [-0.39, 0.29) is 30.1 Å². The number of hydrogen-bond donors (Lipinski definition) is 2. The van der Waals surface area contributed by atoms with E-state index in [1.807, 2.05) is 12.1 Å². The molecule has 1 aromatic carbocycles. The van der Waals surface area contributed by atoms with Crippen molar-refractivity contribution in [2.24, 2.45) is 11.8 Å². The van der Waals surface area contributed by atoms with Gasteiger partial charge in [0.25, 0.3) is 0 Å². The molecule has 0 unspecified atom stereocenters. The van der Waals surface area contributed by atoms with Crippen LogP contribution in [0.25, 0.3) is 10.2 Å². The molecule has 8 nitrogen and oxygen atoms in total. The highest BCUT2D eigenvalue weighted by Crippen LogP contribution is 2.30. The van der Waals surface area contributed by atoms with E-state index in [1.54, 1.807) is 13.1 Å². The summed E-state index contributed by atoms with van der Waals surface area (Å²) in [5, 5.41) is 7.40. The van der Waals surface area contributed by atoms with Crippen LogP contribution in [0.3, 0.4) is 0 Å². The van der Waals surface area contributed by atoms with Crippen molar-refractivity contribution in [3.63, 3.8) is 0 Å². The molecule has 0 radical (unpaired) electrons. The number of aromatic nitrogens is 1. The molecule has 2 atom stereocenters. The lowest BCUT2D eigenvalue weighted by atomic mass is 9.81. The number of carbonyl (C=O) groups is 3. The Kier molecular flexibility index (Phi) is 11.7. The van der Waals surface area contributed by atoms with Crippen LogP contribution in [0, 0.1) is 11.8 Å². The number of rotatable bonds is 13. The van der Waals surface area contributed by atoms with Crippen molar-refractivity contribution in [1.82, 2.24) is 25.4 Å². The predicted molar refractivity (Wildman–Crippen MR) is 166 cm³/mol. The fraction of sp³-hybridized carbons (Fsp3) is 0.613. The van der Waals surface area contributed by atoms with Crippen LogP contribution >= 0.6 is 22.9 Å². The van der Waals surface area contributed by atoms with Crippen molar-refractivity contribution in [1.29, 1.82) is 0 Å². The summed E-state index contributed by atoms with van der Waals surface area (Å²) in [6, 6.07) is 5.45. The standard InChI is InChI=1S/C31H44ClN5O3S/c1-21(20-37-15-13-36(3)14-16-37)27(38)12-11-25(22-7-5-4-6-8-22)35-31(40)23(17-29(39)33-2)18-30-34-26-10-9-24(32)19-28(26)41-30/h9-10,19,22-23,25H,1,4-8,11-18,20H2,2-3H3,(H,33,39)(H,35,40)/t23-,25+/m0/s1. The molecule has 4 rings (SSSR count). The molecule has 41 heavy (non-hydrogen) atoms. The molecule has 10 heteroatoms. The van der Waals surface area contributed by atoms with E-state index in [9.17, 15) is 14.4 Å². The first kappa shape index (κ1) is 31.6. The first-order valence-electron chi connectivity index (χ1n) is 14.9. The van der Waals surface area contributed by atoms with Gasteiger partial charge in [0.2, 0.25) is 11.8 Å². The molecule has 224 valence electrons. The van der Waals surface area contributed by atoms with Crippen LogP contribution in [-0.4, -0.2) is 85.2 Å². The van der Waals surface area contributed by atoms with Crippen molar-refractivity contribution < 1.29 is 14.4 Å². The van der Waals surface area contributed by atoms with Crippen LogP contribution in [0.15, 0.2) is 30.4 Å². The van der Waals surface area contributed by atoms with Crippen molar-refractivity contribution in [2.75, 3.05) is 46.8 Å². The number of ketones is 1. The van der Waals surface area contributed by atoms with Gasteiger partial charge < -0.3 is 15.5 Å². The third-order valence-corrected chi connectivity index (χ3v) is 9.81. The van der Waals surface area contributed by atoms with Crippen LogP contribution < -0.4 is 10.6 Å². The molecule has 2 heterocycles. The number of piperazine rings is 1. The van der Waals surface area contributed by atoms with Gasteiger partial charge in [-0.1, -0.05) is 37.4 Å². The van der Waals surface area contributed by atoms with Gasteiger partial charge in [0.15, 0.2) is 5.78 Å². The van der Waals surface area contributed by atoms with Crippen LogP contribution in [0.4, 0.5) is 0 Å². The topological polar surface area (TPSA) is 94.6 Å². The van der Waals surface area contributed by atoms with Crippen molar-refractivity contribution in [2.45, 2.75) is 63.8 Å². The minimum Gasteiger partial charge on any atom is -0.359 e. The molecule has 2 aliphatic rings. The van der Waals surface area contributed by atoms with Gasteiger partial charge in [-0.15, -0.1) is 11.3 Å². The van der Waals surface area contributed by atoms with E-state index in [2.05, 4.69) is 34.1 Å². The second kappa shape index (κ2) is 15.2. The van der Waals surface area contributed by atoms with Gasteiger partial charge in [0.05, 0.1) is 21.1 Å². The molecule has 1 aromatic heterocycles. The highest BCUT2D eigenvalue weighted by Gasteiger charge is 2.30. The monoisotopic (exact) mass is 601 g/mol. The van der Waals surface area contributed by atoms with E-state index >= 15 is 0 Å². The average molecular weight is 602 g/mol. The van der Waals surface area contributed by atoms with Crippen LogP contribution in [0.5, 0.6) is 0 Å². The molecular weight excluding hydrogens is 558 g/mol. The zero-order valence-electron chi connectivity index (χ0n) is 24.4. The summed E-state index contributed by atoms with van der Waals surface area (Å²) in [6.07, 6.45) is 6.97. The molecule has 2 N–H and O–H groups in total. The molecule has 2 amide bonds. The Morgan fingerprint density at radius 2 is 1.88 bits per heavy atom. The quantitative estimate of drug-likeness (QED) is 0.329. The lowest BCUT2D eigenvalue weighted by molar-refractivity contribution is -0.131. The molecule has 1 saturated heterocycles. The summed E-state index contributed by atoms with van der Waals surface area (Å²) in [5.41, 5.74) is 1.49. The number of fused-ring (bicyclic) bond motifs is 1. The Labute approximate surface area is 252 Å². The Bertz CT molecular complexity index is 1220. The maximum atomic E-state index is 13.7. The second-order valence-electron chi connectivity index (χ2n) is 11.7. The zero-order chi connectivity index (χ0) is 29.4. The summed E-state index contributed by atoms with van der Waals surface area (Å²) in [6.45, 7) is 8.60. The van der Waals surface area contributed by atoms with E-state index in [0.717, 1.165) is 67.1 Å². The van der Waals surface area contributed by atoms with E-state index < -0.39 is 5.92 Å². The van der Waals surface area contributed by atoms with Gasteiger partial charge in [0, 0.05) is 75.7 Å². The number of benzene rings is 1. The lowest BCUT2D eigenvalue weighted by Gasteiger charge is -2.33. The molecule has 1 aliphatic heterocycles. The number of amides is 2. The SMILES string of the molecule is C=C(CN1CCN(C)CC1)C(=O)CC[C@@H](NC(=O)[C@@H](CC(=O)NC)Cc1nc2ccc(Cl)cc2s1)C1CCCCC1. The van der Waals surface area contributed by atoms with Crippen molar-refractivity contribution >= 4 is 50.8 Å². The molecule has 1 aliphatic carbocycles. The highest BCUT2D eigenvalue weighted by atomic mass is 35.5. The summed E-state index contributed by atoms with van der Waals surface area (Å²) >= 11 is 7.66. The number of halogens is 1. The number of nitrogens with one attached hydrogen (secondary N) is 2. The highest BCUT2D eigenvalue weighted by molar-refractivity contribution is 7.18. The third-order valence-electron chi connectivity index (χ3n) is 8.53. The number of thiazole rings is 1. The maximum absolute atomic E-state index is 13.7. The summed E-state index contributed by atoms with van der Waals surface area (Å²) in [5.74, 6) is -0.477. The number of nitrogens with zero attached hydrogens (tertiary/aromatic N) is 3. The van der Waals surface area contributed by atoms with Crippen molar-refractivity contribution in [3.8, 4) is 0 Å². The smallest absolute Gasteiger partial charge is 0.224 e. The molecule has 2 fully saturated rings. The minimum atomic E-state index is -0.556. The average Bonchev–Trinajstić information content (AvgIpc) is 3.37. The lowest BCUT2D eigenvalue weighted by Crippen LogP contribution is -2.46. The van der Waals surface area contributed by atoms with Crippen LogP contribution in [-0.2, 0) is 20.8 Å². The number of carbonyl (C=O) groups excluding carboxylic acids is 3. The van der Waals surface area contributed by atoms with E-state index in [0.29, 0.717) is 42.3 Å². The third kappa shape index (κ3) is 9.33. The first-order valence-corrected chi connectivity index (χ1v) is 16.1. The molecule has 0 spiro atoms. The fourth-order valence-electron chi connectivity index (χ4n) is 5.92. The summed E-state index contributed by atoms with van der Waals surface area (Å²) in [7, 11) is 3.70. The largest absolute Gasteiger partial charge is 0.359 e. The van der Waals surface area contributed by atoms with Gasteiger partial charge >= 0.3 is 0 Å². The van der Waals surface area contributed by atoms with E-state index in [1.165, 1.54) is 17.8 Å². The molecule has 2 aromatic rings. The fourth-order valence-corrected chi connectivity index (χ4v) is 7.24. The summed E-state index contributed by atoms with van der Waals surface area (Å²) < 4.78 is 0.960. The Morgan fingerprint density at radius 1 is 1.15 bits per heavy atom. The molecule has 0 bridgehead atoms. The minimum absolute atomic E-state index is 0.0778. The van der Waals surface area contributed by atoms with Gasteiger partial charge in [-0.05, 0) is 50.4 Å². The van der Waals surface area contributed by atoms with Gasteiger partial charge in [0.1, 0.15) is 0 Å². The van der Waals surface area contributed by atoms with Gasteiger partial charge in [-0.25, -0.2) is 4.98 Å². The number of hydrogen-bond acceptors (Lipinski definition) is 7. The Balaban J connectivity index is 1.41. The Hall–Kier alpha value is -2.33. The zero-order valence-corrected chi connectivity index (χ0v) is 26.0. The second-order valence-corrected chi connectivity index (χ2v) is 13.2. The van der Waals surface area contributed by atoms with Crippen molar-refractivity contribution in [3.05, 3.63) is 40.4 Å². The first-order chi connectivity index (χ1) is 19.7. The number of likely N-dealkylation sites (N-methyl/N-ethyl adjacent to an activating group) is 1. The number of Topliss-reactive ketones (excluding diaryl/α,β-unsaturated/α-hetero) is 1. The van der Waals surface area contributed by atoms with E-state index in [4.69, 9.17) is 16.6 Å². The summed E-state index contributed by atoms with van der Waals surface area (Å²) in [4.78, 5) is 48.5. The van der Waals surface area contributed by atoms with Crippen LogP contribution in [0.1, 0.15) is 56.4 Å².